The second-order valence-corrected chi connectivity index (χ2v) is 8.35. The number of fused-ring (bicyclic) bond motifs is 1. The number of para-hydroxylation sites is 1. The molecular weight excluding hydrogens is 354 g/mol. The second-order valence-electron chi connectivity index (χ2n) is 5.29. The molecule has 0 radical (unpaired) electrons. The van der Waals surface area contributed by atoms with Crippen LogP contribution in [0.3, 0.4) is 0 Å². The first-order valence-corrected chi connectivity index (χ1v) is 9.35. The summed E-state index contributed by atoms with van der Waals surface area (Å²) in [6.45, 7) is 1.70. The molecule has 0 N–H and O–H groups in total. The van der Waals surface area contributed by atoms with Crippen LogP contribution in [0.25, 0.3) is 10.2 Å². The monoisotopic (exact) mass is 368 g/mol. The van der Waals surface area contributed by atoms with Crippen LogP contribution < -0.4 is 0 Å². The highest BCUT2D eigenvalue weighted by Crippen LogP contribution is 2.31. The van der Waals surface area contributed by atoms with Crippen molar-refractivity contribution in [1.29, 1.82) is 0 Å². The first-order chi connectivity index (χ1) is 11.3. The van der Waals surface area contributed by atoms with Gasteiger partial charge in [0.1, 0.15) is 5.01 Å². The SMILES string of the molecule is C[C@@H](c1nc2ccccc2s1)N(C)S(=O)(=O)c1ccc(F)c(F)c1. The minimum Gasteiger partial charge on any atom is -0.239 e. The third kappa shape index (κ3) is 2.92. The molecule has 0 aliphatic rings. The molecule has 126 valence electrons. The van der Waals surface area contributed by atoms with E-state index >= 15 is 0 Å². The average Bonchev–Trinajstić information content (AvgIpc) is 2.99. The number of hydrogen-bond donors (Lipinski definition) is 0. The number of benzene rings is 2. The van der Waals surface area contributed by atoms with Crippen LogP contribution in [0, 0.1) is 11.6 Å². The van der Waals surface area contributed by atoms with E-state index in [-0.39, 0.29) is 4.90 Å². The zero-order valence-electron chi connectivity index (χ0n) is 12.9. The number of hydrogen-bond acceptors (Lipinski definition) is 4. The average molecular weight is 368 g/mol. The lowest BCUT2D eigenvalue weighted by atomic mass is 10.3. The van der Waals surface area contributed by atoms with Crippen molar-refractivity contribution in [2.75, 3.05) is 7.05 Å². The van der Waals surface area contributed by atoms with Gasteiger partial charge in [-0.3, -0.25) is 0 Å². The molecule has 0 spiro atoms. The molecule has 0 aliphatic carbocycles. The normalized spacial score (nSPS) is 13.5. The van der Waals surface area contributed by atoms with E-state index in [9.17, 15) is 17.2 Å². The van der Waals surface area contributed by atoms with Crippen molar-refractivity contribution in [3.63, 3.8) is 0 Å². The molecule has 0 unspecified atom stereocenters. The molecule has 4 nitrogen and oxygen atoms in total. The highest BCUT2D eigenvalue weighted by Gasteiger charge is 2.29. The molecule has 3 rings (SSSR count). The Morgan fingerprint density at radius 3 is 2.50 bits per heavy atom. The summed E-state index contributed by atoms with van der Waals surface area (Å²) in [5.74, 6) is -2.28. The van der Waals surface area contributed by atoms with Gasteiger partial charge >= 0.3 is 0 Å². The Kier molecular flexibility index (Phi) is 4.37. The molecule has 0 bridgehead atoms. The van der Waals surface area contributed by atoms with Gasteiger partial charge in [-0.15, -0.1) is 11.3 Å². The third-order valence-corrected chi connectivity index (χ3v) is 6.91. The van der Waals surface area contributed by atoms with Gasteiger partial charge in [0.05, 0.1) is 21.2 Å². The molecule has 1 atom stereocenters. The first-order valence-electron chi connectivity index (χ1n) is 7.09. The number of aromatic nitrogens is 1. The van der Waals surface area contributed by atoms with Crippen LogP contribution in [0.15, 0.2) is 47.4 Å². The molecule has 1 heterocycles. The molecule has 1 aromatic heterocycles. The molecule has 0 saturated carbocycles. The Morgan fingerprint density at radius 2 is 1.83 bits per heavy atom. The van der Waals surface area contributed by atoms with E-state index in [0.717, 1.165) is 26.7 Å². The van der Waals surface area contributed by atoms with Gasteiger partial charge in [0.2, 0.25) is 10.0 Å². The Morgan fingerprint density at radius 1 is 1.12 bits per heavy atom. The Labute approximate surface area is 142 Å². The van der Waals surface area contributed by atoms with Crippen LogP contribution in [0.2, 0.25) is 0 Å². The van der Waals surface area contributed by atoms with Crippen molar-refractivity contribution < 1.29 is 17.2 Å². The lowest BCUT2D eigenvalue weighted by Crippen LogP contribution is -2.29. The fraction of sp³-hybridized carbons (Fsp3) is 0.188. The number of rotatable bonds is 4. The van der Waals surface area contributed by atoms with Crippen LogP contribution in [-0.4, -0.2) is 24.8 Å². The topological polar surface area (TPSA) is 50.3 Å². The van der Waals surface area contributed by atoms with Gasteiger partial charge in [-0.05, 0) is 37.3 Å². The van der Waals surface area contributed by atoms with Crippen LogP contribution >= 0.6 is 11.3 Å². The fourth-order valence-electron chi connectivity index (χ4n) is 2.24. The number of thiazole rings is 1. The van der Waals surface area contributed by atoms with Gasteiger partial charge in [0, 0.05) is 7.05 Å². The summed E-state index contributed by atoms with van der Waals surface area (Å²) in [6.07, 6.45) is 0. The van der Waals surface area contributed by atoms with Crippen molar-refractivity contribution in [1.82, 2.24) is 9.29 Å². The summed E-state index contributed by atoms with van der Waals surface area (Å²) >= 11 is 1.40. The maximum absolute atomic E-state index is 13.4. The van der Waals surface area contributed by atoms with E-state index in [1.54, 1.807) is 6.92 Å². The Bertz CT molecular complexity index is 969. The van der Waals surface area contributed by atoms with Crippen LogP contribution in [0.5, 0.6) is 0 Å². The smallest absolute Gasteiger partial charge is 0.239 e. The van der Waals surface area contributed by atoms with E-state index in [0.29, 0.717) is 11.1 Å². The first kappa shape index (κ1) is 16.9. The summed E-state index contributed by atoms with van der Waals surface area (Å²) in [7, 11) is -2.57. The Balaban J connectivity index is 1.96. The van der Waals surface area contributed by atoms with Gasteiger partial charge in [-0.25, -0.2) is 22.2 Å². The minimum absolute atomic E-state index is 0.295. The van der Waals surface area contributed by atoms with Gasteiger partial charge in [0.25, 0.3) is 0 Å². The molecule has 3 aromatic rings. The van der Waals surface area contributed by atoms with E-state index in [4.69, 9.17) is 0 Å². The van der Waals surface area contributed by atoms with E-state index in [2.05, 4.69) is 4.98 Å². The van der Waals surface area contributed by atoms with Gasteiger partial charge < -0.3 is 0 Å². The summed E-state index contributed by atoms with van der Waals surface area (Å²) in [6, 6.07) is 9.51. The van der Waals surface area contributed by atoms with E-state index < -0.39 is 27.7 Å². The molecule has 24 heavy (non-hydrogen) atoms. The molecule has 0 fully saturated rings. The number of sulfonamides is 1. The van der Waals surface area contributed by atoms with E-state index in [1.807, 2.05) is 24.3 Å². The fourth-order valence-corrected chi connectivity index (χ4v) is 4.71. The standard InChI is InChI=1S/C16H14F2N2O2S2/c1-10(16-19-14-5-3-4-6-15(14)23-16)20(2)24(21,22)11-7-8-12(17)13(18)9-11/h3-10H,1-2H3/t10-/m0/s1. The third-order valence-electron chi connectivity index (χ3n) is 3.78. The molecule has 2 aromatic carbocycles. The molecule has 0 saturated heterocycles. The molecule has 8 heteroatoms. The summed E-state index contributed by atoms with van der Waals surface area (Å²) in [5.41, 5.74) is 0.794. The summed E-state index contributed by atoms with van der Waals surface area (Å²) in [5, 5.41) is 0.629. The second kappa shape index (κ2) is 6.19. The summed E-state index contributed by atoms with van der Waals surface area (Å²) < 4.78 is 53.7. The maximum Gasteiger partial charge on any atom is 0.243 e. The van der Waals surface area contributed by atoms with Gasteiger partial charge in [0.15, 0.2) is 11.6 Å². The number of nitrogens with zero attached hydrogens (tertiary/aromatic N) is 2. The van der Waals surface area contributed by atoms with Crippen molar-refractivity contribution in [2.24, 2.45) is 0 Å². The van der Waals surface area contributed by atoms with Crippen LogP contribution in [0.4, 0.5) is 8.78 Å². The lowest BCUT2D eigenvalue weighted by molar-refractivity contribution is 0.397. The Hall–Kier alpha value is -1.90. The minimum atomic E-state index is -3.97. The molecular formula is C16H14F2N2O2S2. The van der Waals surface area contributed by atoms with E-state index in [1.165, 1.54) is 18.4 Å². The van der Waals surface area contributed by atoms with Crippen molar-refractivity contribution in [3.05, 3.63) is 59.1 Å². The lowest BCUT2D eigenvalue weighted by Gasteiger charge is -2.22. The van der Waals surface area contributed by atoms with Gasteiger partial charge in [-0.2, -0.15) is 4.31 Å². The molecule has 0 aliphatic heterocycles. The maximum atomic E-state index is 13.4. The van der Waals surface area contributed by atoms with Crippen LogP contribution in [0.1, 0.15) is 18.0 Å². The largest absolute Gasteiger partial charge is 0.243 e. The zero-order chi connectivity index (χ0) is 17.5. The van der Waals surface area contributed by atoms with Crippen molar-refractivity contribution in [3.8, 4) is 0 Å². The van der Waals surface area contributed by atoms with Crippen molar-refractivity contribution >= 4 is 31.6 Å². The highest BCUT2D eigenvalue weighted by atomic mass is 32.2. The quantitative estimate of drug-likeness (QED) is 0.700. The summed E-state index contributed by atoms with van der Waals surface area (Å²) in [4.78, 5) is 4.16. The van der Waals surface area contributed by atoms with Gasteiger partial charge in [-0.1, -0.05) is 12.1 Å². The van der Waals surface area contributed by atoms with Crippen LogP contribution in [-0.2, 0) is 10.0 Å². The molecule has 0 amide bonds. The highest BCUT2D eigenvalue weighted by molar-refractivity contribution is 7.89. The predicted molar refractivity (Wildman–Crippen MR) is 89.3 cm³/mol. The number of halogens is 2. The predicted octanol–water partition coefficient (Wildman–Crippen LogP) is 3.96. The van der Waals surface area contributed by atoms with Crippen molar-refractivity contribution in [2.45, 2.75) is 17.9 Å². The zero-order valence-corrected chi connectivity index (χ0v) is 14.5.